The van der Waals surface area contributed by atoms with E-state index in [0.717, 1.165) is 29.8 Å². The first-order valence-electron chi connectivity index (χ1n) is 9.82. The fraction of sp³-hybridized carbons (Fsp3) is 0.524. The number of hydrogen-bond acceptors (Lipinski definition) is 4. The van der Waals surface area contributed by atoms with Crippen LogP contribution in [0.25, 0.3) is 0 Å². The Morgan fingerprint density at radius 2 is 1.78 bits per heavy atom. The quantitative estimate of drug-likeness (QED) is 0.589. The van der Waals surface area contributed by atoms with E-state index >= 15 is 0 Å². The van der Waals surface area contributed by atoms with Crippen molar-refractivity contribution in [1.29, 1.82) is 0 Å². The second-order valence-corrected chi connectivity index (χ2v) is 8.42. The van der Waals surface area contributed by atoms with Gasteiger partial charge < -0.3 is 10.6 Å². The maximum Gasteiger partial charge on any atom is 0.191 e. The highest BCUT2D eigenvalue weighted by atomic mass is 32.1. The molecule has 1 aromatic heterocycles. The molecule has 3 rings (SSSR count). The number of hydrogen-bond donors (Lipinski definition) is 2. The summed E-state index contributed by atoms with van der Waals surface area (Å²) in [4.78, 5) is 12.8. The molecule has 2 aromatic rings. The number of nitrogens with zero attached hydrogens (tertiary/aromatic N) is 3. The third kappa shape index (κ3) is 5.78. The molecule has 5 nitrogen and oxygen atoms in total. The SMILES string of the molecule is CN=C(NCc1nc(C)c(C)s1)NCc1ccccc1CN1CCCCC1. The predicted molar refractivity (Wildman–Crippen MR) is 114 cm³/mol. The minimum absolute atomic E-state index is 0.703. The number of thiazole rings is 1. The maximum absolute atomic E-state index is 4.58. The van der Waals surface area contributed by atoms with Crippen LogP contribution < -0.4 is 10.6 Å². The van der Waals surface area contributed by atoms with Gasteiger partial charge >= 0.3 is 0 Å². The highest BCUT2D eigenvalue weighted by molar-refractivity contribution is 7.11. The fourth-order valence-corrected chi connectivity index (χ4v) is 4.29. The monoisotopic (exact) mass is 385 g/mol. The first-order valence-corrected chi connectivity index (χ1v) is 10.6. The van der Waals surface area contributed by atoms with Crippen molar-refractivity contribution in [2.75, 3.05) is 20.1 Å². The van der Waals surface area contributed by atoms with Crippen molar-refractivity contribution < 1.29 is 0 Å². The summed E-state index contributed by atoms with van der Waals surface area (Å²) in [6.45, 7) is 9.13. The summed E-state index contributed by atoms with van der Waals surface area (Å²) in [5, 5.41) is 7.92. The van der Waals surface area contributed by atoms with Crippen molar-refractivity contribution in [2.24, 2.45) is 4.99 Å². The van der Waals surface area contributed by atoms with Gasteiger partial charge in [0.2, 0.25) is 0 Å². The predicted octanol–water partition coefficient (Wildman–Crippen LogP) is 3.61. The largest absolute Gasteiger partial charge is 0.352 e. The third-order valence-electron chi connectivity index (χ3n) is 5.11. The second-order valence-electron chi connectivity index (χ2n) is 7.13. The van der Waals surface area contributed by atoms with Crippen molar-refractivity contribution in [3.63, 3.8) is 0 Å². The van der Waals surface area contributed by atoms with Crippen molar-refractivity contribution in [2.45, 2.75) is 52.7 Å². The van der Waals surface area contributed by atoms with Gasteiger partial charge in [-0.15, -0.1) is 11.3 Å². The molecule has 0 amide bonds. The molecule has 2 heterocycles. The first-order chi connectivity index (χ1) is 13.2. The lowest BCUT2D eigenvalue weighted by atomic mass is 10.0. The topological polar surface area (TPSA) is 52.6 Å². The molecule has 0 spiro atoms. The molecule has 1 saturated heterocycles. The lowest BCUT2D eigenvalue weighted by molar-refractivity contribution is 0.220. The van der Waals surface area contributed by atoms with Gasteiger partial charge in [-0.2, -0.15) is 0 Å². The van der Waals surface area contributed by atoms with E-state index in [1.165, 1.54) is 48.4 Å². The van der Waals surface area contributed by atoms with E-state index in [9.17, 15) is 0 Å². The molecule has 1 aliphatic heterocycles. The van der Waals surface area contributed by atoms with Crippen LogP contribution in [0.1, 0.15) is 46.0 Å². The molecule has 1 fully saturated rings. The molecule has 0 atom stereocenters. The van der Waals surface area contributed by atoms with Gasteiger partial charge in [0.05, 0.1) is 12.2 Å². The Labute approximate surface area is 166 Å². The number of likely N-dealkylation sites (tertiary alicyclic amines) is 1. The minimum Gasteiger partial charge on any atom is -0.352 e. The molecule has 6 heteroatoms. The number of aryl methyl sites for hydroxylation is 2. The van der Waals surface area contributed by atoms with Gasteiger partial charge in [-0.25, -0.2) is 4.98 Å². The average molecular weight is 386 g/mol. The molecular weight excluding hydrogens is 354 g/mol. The molecule has 0 radical (unpaired) electrons. The van der Waals surface area contributed by atoms with Gasteiger partial charge in [0.25, 0.3) is 0 Å². The smallest absolute Gasteiger partial charge is 0.191 e. The second kappa shape index (κ2) is 9.85. The maximum atomic E-state index is 4.58. The summed E-state index contributed by atoms with van der Waals surface area (Å²) in [6, 6.07) is 8.73. The van der Waals surface area contributed by atoms with Crippen LogP contribution in [-0.2, 0) is 19.6 Å². The Bertz CT molecular complexity index is 742. The van der Waals surface area contributed by atoms with E-state index in [-0.39, 0.29) is 0 Å². The molecule has 1 aromatic carbocycles. The number of rotatable bonds is 6. The zero-order valence-electron chi connectivity index (χ0n) is 16.7. The Morgan fingerprint density at radius 3 is 2.44 bits per heavy atom. The molecule has 146 valence electrons. The van der Waals surface area contributed by atoms with E-state index < -0.39 is 0 Å². The van der Waals surface area contributed by atoms with E-state index in [1.807, 2.05) is 7.05 Å². The summed E-state index contributed by atoms with van der Waals surface area (Å²) < 4.78 is 0. The lowest BCUT2D eigenvalue weighted by Crippen LogP contribution is -2.36. The summed E-state index contributed by atoms with van der Waals surface area (Å²) in [7, 11) is 1.81. The van der Waals surface area contributed by atoms with E-state index in [4.69, 9.17) is 0 Å². The van der Waals surface area contributed by atoms with Crippen LogP contribution in [0.3, 0.4) is 0 Å². The average Bonchev–Trinajstić information content (AvgIpc) is 3.01. The van der Waals surface area contributed by atoms with E-state index in [1.54, 1.807) is 11.3 Å². The number of aliphatic imine (C=N–C) groups is 1. The Balaban J connectivity index is 1.54. The molecule has 0 saturated carbocycles. The zero-order valence-corrected chi connectivity index (χ0v) is 17.5. The molecule has 27 heavy (non-hydrogen) atoms. The van der Waals surface area contributed by atoms with Gasteiger partial charge in [-0.05, 0) is 50.9 Å². The number of nitrogens with one attached hydrogen (secondary N) is 2. The van der Waals surface area contributed by atoms with Crippen LogP contribution in [0.15, 0.2) is 29.3 Å². The van der Waals surface area contributed by atoms with Crippen LogP contribution in [0.4, 0.5) is 0 Å². The van der Waals surface area contributed by atoms with Crippen molar-refractivity contribution in [1.82, 2.24) is 20.5 Å². The third-order valence-corrected chi connectivity index (χ3v) is 6.18. The number of benzene rings is 1. The summed E-state index contributed by atoms with van der Waals surface area (Å²) in [5.41, 5.74) is 3.87. The molecular formula is C21H31N5S. The minimum atomic E-state index is 0.703. The Hall–Kier alpha value is -1.92. The summed E-state index contributed by atoms with van der Waals surface area (Å²) >= 11 is 1.74. The molecule has 0 aliphatic carbocycles. The van der Waals surface area contributed by atoms with Crippen LogP contribution in [0.2, 0.25) is 0 Å². The molecule has 0 unspecified atom stereocenters. The zero-order chi connectivity index (χ0) is 19.1. The summed E-state index contributed by atoms with van der Waals surface area (Å²) in [6.07, 6.45) is 4.03. The van der Waals surface area contributed by atoms with E-state index in [2.05, 4.69) is 63.6 Å². The van der Waals surface area contributed by atoms with Crippen molar-refractivity contribution in [3.05, 3.63) is 51.0 Å². The highest BCUT2D eigenvalue weighted by Gasteiger charge is 2.12. The van der Waals surface area contributed by atoms with Crippen molar-refractivity contribution >= 4 is 17.3 Å². The van der Waals surface area contributed by atoms with Gasteiger partial charge in [0, 0.05) is 25.0 Å². The van der Waals surface area contributed by atoms with Crippen molar-refractivity contribution in [3.8, 4) is 0 Å². The normalized spacial score (nSPS) is 15.7. The Kier molecular flexibility index (Phi) is 7.24. The van der Waals surface area contributed by atoms with Gasteiger partial charge in [0.1, 0.15) is 5.01 Å². The lowest BCUT2D eigenvalue weighted by Gasteiger charge is -2.27. The number of aromatic nitrogens is 1. The standard InChI is InChI=1S/C21H31N5S/c1-16-17(2)27-20(25-16)14-24-21(22-3)23-13-18-9-5-6-10-19(18)15-26-11-7-4-8-12-26/h5-6,9-10H,4,7-8,11-15H2,1-3H3,(H2,22,23,24). The number of piperidine rings is 1. The molecule has 0 bridgehead atoms. The van der Waals surface area contributed by atoms with Crippen LogP contribution in [-0.4, -0.2) is 36.0 Å². The highest BCUT2D eigenvalue weighted by Crippen LogP contribution is 2.17. The van der Waals surface area contributed by atoms with Crippen LogP contribution >= 0.6 is 11.3 Å². The van der Waals surface area contributed by atoms with Gasteiger partial charge in [-0.3, -0.25) is 9.89 Å². The first kappa shape index (κ1) is 19.8. The van der Waals surface area contributed by atoms with Crippen LogP contribution in [0, 0.1) is 13.8 Å². The number of guanidine groups is 1. The van der Waals surface area contributed by atoms with Gasteiger partial charge in [0.15, 0.2) is 5.96 Å². The molecule has 2 N–H and O–H groups in total. The van der Waals surface area contributed by atoms with Crippen LogP contribution in [0.5, 0.6) is 0 Å². The Morgan fingerprint density at radius 1 is 1.07 bits per heavy atom. The van der Waals surface area contributed by atoms with Gasteiger partial charge in [-0.1, -0.05) is 30.7 Å². The summed E-state index contributed by atoms with van der Waals surface area (Å²) in [5.74, 6) is 0.813. The van der Waals surface area contributed by atoms with E-state index in [0.29, 0.717) is 6.54 Å². The fourth-order valence-electron chi connectivity index (χ4n) is 3.42. The molecule has 1 aliphatic rings.